The summed E-state index contributed by atoms with van der Waals surface area (Å²) >= 11 is 0. The van der Waals surface area contributed by atoms with E-state index in [0.717, 1.165) is 55.6 Å². The summed E-state index contributed by atoms with van der Waals surface area (Å²) in [5, 5.41) is 23.9. The molecule has 0 fully saturated rings. The first-order valence-corrected chi connectivity index (χ1v) is 10.7. The Hall–Kier alpha value is -0.346. The topological polar surface area (TPSA) is 86.0 Å². The van der Waals surface area contributed by atoms with Crippen molar-refractivity contribution in [2.75, 3.05) is 0 Å². The third-order valence-electron chi connectivity index (χ3n) is 5.56. The second-order valence-electron chi connectivity index (χ2n) is 7.07. The number of hydrogen-bond acceptors (Lipinski definition) is 3. The molecule has 10 heteroatoms. The summed E-state index contributed by atoms with van der Waals surface area (Å²) in [6.45, 7) is 13.1. The average Bonchev–Trinajstić information content (AvgIpc) is 3.44. The van der Waals surface area contributed by atoms with E-state index < -0.39 is 0 Å². The van der Waals surface area contributed by atoms with E-state index in [0.29, 0.717) is 0 Å². The zero-order valence-electron chi connectivity index (χ0n) is 19.7. The van der Waals surface area contributed by atoms with Gasteiger partial charge in [-0.3, -0.25) is 0 Å². The van der Waals surface area contributed by atoms with Crippen molar-refractivity contribution in [1.29, 1.82) is 0 Å². The van der Waals surface area contributed by atoms with Crippen LogP contribution in [0.4, 0.5) is 0 Å². The van der Waals surface area contributed by atoms with E-state index in [1.165, 1.54) is 39.7 Å². The molecular weight excluding hydrogens is 636 g/mol. The average molecular weight is 669 g/mol. The Kier molecular flexibility index (Phi) is 16.4. The molecule has 0 spiro atoms. The van der Waals surface area contributed by atoms with Gasteiger partial charge in [-0.2, -0.15) is 0 Å². The molecule has 3 aromatic heterocycles. The minimum absolute atomic E-state index is 0. The number of hydrogen-bond donors (Lipinski definition) is 3. The predicted octanol–water partition coefficient (Wildman–Crippen LogP) is -4.74. The monoisotopic (exact) mass is 666 g/mol. The van der Waals surface area contributed by atoms with Crippen LogP contribution in [0.15, 0.2) is 0 Å². The largest absolute Gasteiger partial charge is 4.00 e. The van der Waals surface area contributed by atoms with E-state index in [1.54, 1.807) is 0 Å². The van der Waals surface area contributed by atoms with Gasteiger partial charge >= 0.3 is 21.7 Å². The zero-order chi connectivity index (χ0) is 20.3. The van der Waals surface area contributed by atoms with Gasteiger partial charge in [0.1, 0.15) is 0 Å². The fourth-order valence-corrected chi connectivity index (χ4v) is 4.06. The second-order valence-corrected chi connectivity index (χ2v) is 7.07. The van der Waals surface area contributed by atoms with E-state index in [2.05, 4.69) is 72.1 Å². The molecule has 0 radical (unpaired) electrons. The summed E-state index contributed by atoms with van der Waals surface area (Å²) in [4.78, 5) is 0. The fraction of sp³-hybridized carbons (Fsp3) is 0.545. The first kappa shape index (κ1) is 33.8. The van der Waals surface area contributed by atoms with Crippen molar-refractivity contribution in [3.8, 4) is 0 Å². The summed E-state index contributed by atoms with van der Waals surface area (Å²) in [6.07, 6.45) is 5.39. The van der Waals surface area contributed by atoms with Crippen molar-refractivity contribution in [2.24, 2.45) is 0 Å². The maximum atomic E-state index is 4.66. The Balaban J connectivity index is 0. The maximum Gasteiger partial charge on any atom is 4.00 e. The van der Waals surface area contributed by atoms with Crippen molar-refractivity contribution < 1.29 is 72.7 Å². The zero-order valence-corrected chi connectivity index (χ0v) is 26.0. The second kappa shape index (κ2) is 15.5. The summed E-state index contributed by atoms with van der Waals surface area (Å²) in [6, 6.07) is 0. The van der Waals surface area contributed by atoms with Gasteiger partial charge in [-0.1, -0.05) is 47.5 Å². The summed E-state index contributed by atoms with van der Waals surface area (Å²) in [7, 11) is 0. The standard InChI is InChI=1S/C22H33N6.3BrH.Ti/c1-7-13-19(14(8-2)24-23-13)22(20-15(9-3)25-26-16(20)10-4)21-17(11-5)27-28-18(21)12-6;;;;/h7-12H2,1-6H3,(H,23,24)(H,25,26)(H,27,28);3*1H;/q-1;;;;+4/p-3. The normalized spacial score (nSPS) is 9.94. The minimum Gasteiger partial charge on any atom is -1.00 e. The number of aromatic amines is 3. The molecule has 0 aliphatic rings. The van der Waals surface area contributed by atoms with Crippen molar-refractivity contribution in [1.82, 2.24) is 30.6 Å². The van der Waals surface area contributed by atoms with Crippen LogP contribution in [0.25, 0.3) is 0 Å². The number of aryl methyl sites for hydroxylation is 6. The van der Waals surface area contributed by atoms with E-state index >= 15 is 0 Å². The van der Waals surface area contributed by atoms with Crippen LogP contribution in [0, 0.1) is 5.92 Å². The molecule has 0 aromatic carbocycles. The quantitative estimate of drug-likeness (QED) is 0.158. The molecule has 0 aliphatic carbocycles. The molecule has 0 saturated carbocycles. The summed E-state index contributed by atoms with van der Waals surface area (Å²) in [5.74, 6) is 1.24. The molecule has 0 aliphatic heterocycles. The Morgan fingerprint density at radius 1 is 0.500 bits per heavy atom. The van der Waals surface area contributed by atoms with Gasteiger partial charge in [-0.05, 0) is 72.3 Å². The van der Waals surface area contributed by atoms with Gasteiger partial charge in [-0.25, -0.2) is 15.3 Å². The molecule has 0 unspecified atom stereocenters. The SMILES string of the molecule is CCc1n[nH]c(CC)c1[C-](c1c(CC)n[nH]c1CC)c1c(CC)n[nH]c1CC.[Br-].[Br-].[Br-].[Ti+4]. The summed E-state index contributed by atoms with van der Waals surface area (Å²) < 4.78 is 0. The molecule has 0 atom stereocenters. The first-order valence-electron chi connectivity index (χ1n) is 10.7. The van der Waals surface area contributed by atoms with Crippen LogP contribution in [0.5, 0.6) is 0 Å². The van der Waals surface area contributed by atoms with E-state index in [9.17, 15) is 0 Å². The van der Waals surface area contributed by atoms with Gasteiger partial charge in [0.05, 0.1) is 0 Å². The molecule has 32 heavy (non-hydrogen) atoms. The molecule has 6 nitrogen and oxygen atoms in total. The molecule has 3 N–H and O–H groups in total. The molecule has 3 rings (SSSR count). The predicted molar refractivity (Wildman–Crippen MR) is 113 cm³/mol. The van der Waals surface area contributed by atoms with Crippen LogP contribution < -0.4 is 50.9 Å². The van der Waals surface area contributed by atoms with Gasteiger partial charge in [0.15, 0.2) is 0 Å². The molecule has 0 bridgehead atoms. The Morgan fingerprint density at radius 3 is 0.938 bits per heavy atom. The number of rotatable bonds is 9. The minimum atomic E-state index is 0. The first-order chi connectivity index (χ1) is 13.6. The van der Waals surface area contributed by atoms with Crippen LogP contribution in [-0.2, 0) is 60.2 Å². The van der Waals surface area contributed by atoms with E-state index in [4.69, 9.17) is 0 Å². The molecule has 176 valence electrons. The number of nitrogens with zero attached hydrogens (tertiary/aromatic N) is 3. The summed E-state index contributed by atoms with van der Waals surface area (Å²) in [5.41, 5.74) is 10.6. The molecular formula is C22H33Br3N6Ti. The molecule has 3 aromatic rings. The van der Waals surface area contributed by atoms with Gasteiger partial charge in [-0.15, -0.1) is 0 Å². The Labute approximate surface area is 238 Å². The number of nitrogens with one attached hydrogen (secondary N) is 3. The third-order valence-corrected chi connectivity index (χ3v) is 5.56. The smallest absolute Gasteiger partial charge is 1.00 e. The Morgan fingerprint density at radius 2 is 0.750 bits per heavy atom. The van der Waals surface area contributed by atoms with Crippen LogP contribution in [0.1, 0.15) is 92.4 Å². The van der Waals surface area contributed by atoms with Crippen molar-refractivity contribution >= 4 is 0 Å². The molecule has 0 saturated heterocycles. The van der Waals surface area contributed by atoms with Gasteiger partial charge in [0.25, 0.3) is 0 Å². The molecule has 0 amide bonds. The fourth-order valence-electron chi connectivity index (χ4n) is 4.06. The van der Waals surface area contributed by atoms with Crippen molar-refractivity contribution in [3.05, 3.63) is 56.8 Å². The van der Waals surface area contributed by atoms with E-state index in [1.807, 2.05) is 0 Å². The van der Waals surface area contributed by atoms with Crippen LogP contribution in [0.3, 0.4) is 0 Å². The van der Waals surface area contributed by atoms with Crippen molar-refractivity contribution in [2.45, 2.75) is 80.1 Å². The van der Waals surface area contributed by atoms with Gasteiger partial charge in [0, 0.05) is 17.1 Å². The Bertz CT molecular complexity index is 750. The van der Waals surface area contributed by atoms with Gasteiger partial charge in [0.2, 0.25) is 0 Å². The number of H-pyrrole nitrogens is 3. The third kappa shape index (κ3) is 6.20. The maximum absolute atomic E-state index is 4.66. The van der Waals surface area contributed by atoms with E-state index in [-0.39, 0.29) is 72.7 Å². The van der Waals surface area contributed by atoms with Gasteiger partial charge < -0.3 is 66.2 Å². The van der Waals surface area contributed by atoms with Crippen LogP contribution in [0.2, 0.25) is 0 Å². The number of aromatic nitrogens is 6. The number of halogens is 3. The van der Waals surface area contributed by atoms with Crippen molar-refractivity contribution in [3.63, 3.8) is 0 Å². The van der Waals surface area contributed by atoms with Crippen LogP contribution in [-0.4, -0.2) is 30.6 Å². The molecule has 3 heterocycles. The van der Waals surface area contributed by atoms with Crippen LogP contribution >= 0.6 is 0 Å².